The molecule has 1 aliphatic heterocycles. The zero-order valence-electron chi connectivity index (χ0n) is 41.4. The van der Waals surface area contributed by atoms with Gasteiger partial charge in [-0.25, -0.2) is 4.39 Å². The van der Waals surface area contributed by atoms with Gasteiger partial charge in [0.25, 0.3) is 5.88 Å². The quantitative estimate of drug-likeness (QED) is 0.0518. The maximum atomic E-state index is 17.5. The van der Waals surface area contributed by atoms with Crippen LogP contribution in [0.25, 0.3) is 5.76 Å². The van der Waals surface area contributed by atoms with Crippen molar-refractivity contribution in [1.82, 2.24) is 15.4 Å². The lowest BCUT2D eigenvalue weighted by molar-refractivity contribution is -0.138. The molecule has 4 atom stereocenters. The molecular formula is C56H63FN4O9Si. The van der Waals surface area contributed by atoms with Crippen LogP contribution in [0.3, 0.4) is 0 Å². The minimum Gasteiger partial charge on any atom is -0.507 e. The van der Waals surface area contributed by atoms with Crippen molar-refractivity contribution in [3.8, 4) is 17.4 Å². The molecular weight excluding hydrogens is 920 g/mol. The van der Waals surface area contributed by atoms with Crippen LogP contribution in [0.15, 0.2) is 114 Å². The van der Waals surface area contributed by atoms with Crippen LogP contribution in [0, 0.1) is 17.7 Å². The molecule has 0 bridgehead atoms. The number of hydrogen-bond donors (Lipinski definition) is 2. The summed E-state index contributed by atoms with van der Waals surface area (Å²) in [4.78, 5) is 50.5. The number of hydrogen-bond acceptors (Lipinski definition) is 12. The first-order valence-electron chi connectivity index (χ1n) is 24.5. The number of aliphatic hydroxyl groups excluding tert-OH is 1. The van der Waals surface area contributed by atoms with Crippen molar-refractivity contribution in [2.75, 3.05) is 38.2 Å². The third kappa shape index (κ3) is 9.36. The fourth-order valence-corrected chi connectivity index (χ4v) is 11.8. The fourth-order valence-electron chi connectivity index (χ4n) is 10.3. The summed E-state index contributed by atoms with van der Waals surface area (Å²) < 4.78 is 49.2. The second-order valence-corrected chi connectivity index (χ2v) is 25.3. The highest BCUT2D eigenvalue weighted by Gasteiger charge is 2.68. The number of ether oxygens (including phenoxy) is 3. The average molecular weight is 983 g/mol. The summed E-state index contributed by atoms with van der Waals surface area (Å²) in [5.41, 5.74) is 0.206. The number of nitrogens with one attached hydrogen (secondary N) is 1. The van der Waals surface area contributed by atoms with E-state index < -0.39 is 60.0 Å². The molecule has 13 nitrogen and oxygen atoms in total. The number of Topliss-reactive ketones (excluding diaryl/α,β-unsaturated/α-hetero) is 2. The molecule has 1 saturated carbocycles. The number of aliphatic hydroxyl groups is 1. The monoisotopic (exact) mass is 982 g/mol. The highest BCUT2D eigenvalue weighted by atomic mass is 28.4. The lowest BCUT2D eigenvalue weighted by Crippen LogP contribution is -2.68. The van der Waals surface area contributed by atoms with Gasteiger partial charge in [0.15, 0.2) is 25.4 Å². The highest BCUT2D eigenvalue weighted by molar-refractivity contribution is 6.74. The van der Waals surface area contributed by atoms with Gasteiger partial charge in [0.1, 0.15) is 36.1 Å². The van der Waals surface area contributed by atoms with Crippen molar-refractivity contribution >= 4 is 37.2 Å². The summed E-state index contributed by atoms with van der Waals surface area (Å²) in [5.74, 6) is -3.83. The first-order chi connectivity index (χ1) is 34.1. The first-order valence-corrected chi connectivity index (χ1v) is 27.4. The van der Waals surface area contributed by atoms with E-state index in [9.17, 15) is 9.90 Å². The Labute approximate surface area is 415 Å². The molecule has 1 amide bonds. The van der Waals surface area contributed by atoms with Crippen LogP contribution in [-0.4, -0.2) is 79.8 Å². The summed E-state index contributed by atoms with van der Waals surface area (Å²) in [6.45, 7) is 15.9. The Balaban J connectivity index is 1.23. The molecule has 0 spiro atoms. The smallest absolute Gasteiger partial charge is 0.265 e. The molecule has 2 N–H and O–H groups in total. The third-order valence-corrected chi connectivity index (χ3v) is 19.5. The zero-order valence-corrected chi connectivity index (χ0v) is 42.4. The first kappa shape index (κ1) is 49.6. The molecule has 2 fully saturated rings. The van der Waals surface area contributed by atoms with Crippen LogP contribution in [0.2, 0.25) is 18.1 Å². The van der Waals surface area contributed by atoms with Crippen LogP contribution in [0.4, 0.5) is 10.1 Å². The molecule has 1 saturated heterocycles. The fraction of sp³-hybridized carbons (Fsp3) is 0.393. The van der Waals surface area contributed by atoms with Crippen molar-refractivity contribution in [1.29, 1.82) is 0 Å². The number of carbonyl (C=O) groups excluding carboxylic acids is 3. The Morgan fingerprint density at radius 2 is 1.61 bits per heavy atom. The van der Waals surface area contributed by atoms with Gasteiger partial charge in [-0.05, 0) is 96.8 Å². The van der Waals surface area contributed by atoms with Gasteiger partial charge < -0.3 is 38.5 Å². The van der Waals surface area contributed by atoms with E-state index in [0.29, 0.717) is 5.75 Å². The number of methoxy groups -OCH3 is 1. The van der Waals surface area contributed by atoms with Gasteiger partial charge in [0.2, 0.25) is 17.5 Å². The van der Waals surface area contributed by atoms with E-state index in [1.807, 2.05) is 107 Å². The summed E-state index contributed by atoms with van der Waals surface area (Å²) in [7, 11) is -1.51. The number of benzene rings is 4. The van der Waals surface area contributed by atoms with E-state index in [1.54, 1.807) is 25.3 Å². The Kier molecular flexibility index (Phi) is 14.0. The molecule has 2 heterocycles. The van der Waals surface area contributed by atoms with E-state index in [1.165, 1.54) is 11.0 Å². The number of aromatic nitrogens is 1. The van der Waals surface area contributed by atoms with Crippen molar-refractivity contribution < 1.29 is 47.0 Å². The van der Waals surface area contributed by atoms with Crippen LogP contribution in [-0.2, 0) is 40.2 Å². The molecule has 15 heteroatoms. The second kappa shape index (κ2) is 20.0. The van der Waals surface area contributed by atoms with Crippen LogP contribution in [0.5, 0.6) is 17.4 Å². The Morgan fingerprint density at radius 1 is 0.958 bits per heavy atom. The molecule has 4 aromatic carbocycles. The van der Waals surface area contributed by atoms with Crippen LogP contribution < -0.4 is 24.4 Å². The zero-order chi connectivity index (χ0) is 50.2. The van der Waals surface area contributed by atoms with Gasteiger partial charge in [0.05, 0.1) is 37.5 Å². The number of rotatable bonds is 17. The molecule has 372 valence electrons. The molecule has 4 aliphatic rings. The topological polar surface area (TPSA) is 153 Å². The summed E-state index contributed by atoms with van der Waals surface area (Å²) in [6.07, 6.45) is 3.66. The van der Waals surface area contributed by atoms with Gasteiger partial charge in [-0.1, -0.05) is 99.6 Å². The van der Waals surface area contributed by atoms with E-state index in [-0.39, 0.29) is 96.9 Å². The van der Waals surface area contributed by atoms with E-state index in [0.717, 1.165) is 42.6 Å². The van der Waals surface area contributed by atoms with Crippen LogP contribution in [0.1, 0.15) is 90.0 Å². The largest absolute Gasteiger partial charge is 0.507 e. The van der Waals surface area contributed by atoms with Gasteiger partial charge >= 0.3 is 0 Å². The SMILES string of the molecule is C=CCN[C@@H]1c2onc(OCc3ccccc3)c2C(=O)[C@@]2(O[Si](C)(C)C(C)(C)C)C(=O)C3=C(O)c4c(c(F)cc(N(Cc5ccc(OC)cc5)C(=O)CN5CCCC5)c4OCc4ccccc4)C[C@H]3C[C@@H]12. The molecule has 9 rings (SSSR count). The highest BCUT2D eigenvalue weighted by Crippen LogP contribution is 2.59. The number of amides is 1. The minimum absolute atomic E-state index is 0.0136. The molecule has 71 heavy (non-hydrogen) atoms. The Hall–Kier alpha value is -6.39. The number of ketones is 2. The van der Waals surface area contributed by atoms with Gasteiger partial charge in [-0.3, -0.25) is 19.3 Å². The number of nitrogens with zero attached hydrogens (tertiary/aromatic N) is 3. The van der Waals surface area contributed by atoms with Crippen molar-refractivity contribution in [3.63, 3.8) is 0 Å². The minimum atomic E-state index is -3.09. The molecule has 0 unspecified atom stereocenters. The van der Waals surface area contributed by atoms with Gasteiger partial charge in [-0.2, -0.15) is 0 Å². The number of fused-ring (bicyclic) bond motifs is 4. The second-order valence-electron chi connectivity index (χ2n) is 20.6. The number of likely N-dealkylation sites (tertiary alicyclic amines) is 1. The van der Waals surface area contributed by atoms with Crippen molar-refractivity contribution in [3.05, 3.63) is 154 Å². The normalized spacial score (nSPS) is 21.0. The predicted molar refractivity (Wildman–Crippen MR) is 270 cm³/mol. The lowest BCUT2D eigenvalue weighted by atomic mass is 9.57. The summed E-state index contributed by atoms with van der Waals surface area (Å²) in [5, 5.41) is 20.3. The van der Waals surface area contributed by atoms with Gasteiger partial charge in [-0.15, -0.1) is 6.58 Å². The third-order valence-electron chi connectivity index (χ3n) is 15.0. The molecule has 5 aromatic rings. The predicted octanol–water partition coefficient (Wildman–Crippen LogP) is 10.1. The molecule has 3 aliphatic carbocycles. The number of halogens is 1. The Morgan fingerprint density at radius 3 is 2.23 bits per heavy atom. The maximum Gasteiger partial charge on any atom is 0.265 e. The average Bonchev–Trinajstić information content (AvgIpc) is 4.04. The summed E-state index contributed by atoms with van der Waals surface area (Å²) >= 11 is 0. The van der Waals surface area contributed by atoms with Gasteiger partial charge in [0, 0.05) is 29.7 Å². The Bertz CT molecular complexity index is 2840. The molecule has 0 radical (unpaired) electrons. The van der Waals surface area contributed by atoms with E-state index in [4.69, 9.17) is 23.2 Å². The van der Waals surface area contributed by atoms with E-state index >= 15 is 14.0 Å². The van der Waals surface area contributed by atoms with Crippen molar-refractivity contribution in [2.45, 2.75) is 96.0 Å². The maximum absolute atomic E-state index is 17.5. The van der Waals surface area contributed by atoms with E-state index in [2.05, 4.69) is 22.0 Å². The van der Waals surface area contributed by atoms with Crippen LogP contribution >= 0.6 is 0 Å². The lowest BCUT2D eigenvalue weighted by Gasteiger charge is -2.54. The number of carbonyl (C=O) groups is 3. The number of anilines is 1. The summed E-state index contributed by atoms with van der Waals surface area (Å²) in [6, 6.07) is 26.6. The molecule has 1 aromatic heterocycles. The standard InChI is InChI=1S/C56H63FN4O9Si/c1-8-25-58-48-41-29-38-28-40-42(57)30-43(61(44(62)32-60-26-15-16-27-60)31-35-21-23-39(66-5)24-22-35)50(67-33-36-17-11-9-12-18-36)46(40)49(63)45(38)52(64)56(41,70-71(6,7)55(2,3)4)53(65)47-51(48)69-59-54(47)68-34-37-19-13-10-14-20-37/h8-14,17-24,30,38,41,48,58,63H,1,15-16,25-29,31-34H2,2-7H3/t38-,41-,48-,56-/m0/s1. The van der Waals surface area contributed by atoms with Crippen molar-refractivity contribution in [2.24, 2.45) is 11.8 Å².